The van der Waals surface area contributed by atoms with Crippen LogP contribution in [0.4, 0.5) is 18.9 Å². The van der Waals surface area contributed by atoms with Crippen LogP contribution >= 0.6 is 0 Å². The molecule has 0 amide bonds. The van der Waals surface area contributed by atoms with E-state index in [1.807, 2.05) is 0 Å². The van der Waals surface area contributed by atoms with Crippen molar-refractivity contribution in [2.45, 2.75) is 32.5 Å². The normalized spacial score (nSPS) is 14.8. The molecule has 2 aromatic rings. The van der Waals surface area contributed by atoms with Crippen molar-refractivity contribution in [1.82, 2.24) is 0 Å². The molecule has 0 saturated carbocycles. The van der Waals surface area contributed by atoms with E-state index < -0.39 is 28.5 Å². The number of carbonyl (C=O) groups is 1. The summed E-state index contributed by atoms with van der Waals surface area (Å²) in [7, 11) is 0. The molecule has 0 radical (unpaired) electrons. The summed E-state index contributed by atoms with van der Waals surface area (Å²) in [6, 6.07) is 10.7. The lowest BCUT2D eigenvalue weighted by atomic mass is 9.68. The Kier molecular flexibility index (Phi) is 4.70. The van der Waals surface area contributed by atoms with E-state index in [0.29, 0.717) is 0 Å². The van der Waals surface area contributed by atoms with E-state index in [9.17, 15) is 23.1 Å². The molecule has 0 aromatic heterocycles. The third kappa shape index (κ3) is 3.39. The molecule has 0 bridgehead atoms. The number of halogens is 3. The molecule has 0 spiro atoms. The van der Waals surface area contributed by atoms with E-state index in [2.05, 4.69) is 0 Å². The molecule has 0 fully saturated rings. The molecule has 0 saturated heterocycles. The van der Waals surface area contributed by atoms with Gasteiger partial charge in [0, 0.05) is 22.2 Å². The van der Waals surface area contributed by atoms with Gasteiger partial charge in [-0.2, -0.15) is 13.2 Å². The lowest BCUT2D eigenvalue weighted by molar-refractivity contribution is -0.137. The van der Waals surface area contributed by atoms with Crippen LogP contribution in [0.25, 0.3) is 0 Å². The first-order valence-electron chi connectivity index (χ1n) is 7.68. The number of nitrogen functional groups attached to an aromatic ring is 1. The Morgan fingerprint density at radius 3 is 2.00 bits per heavy atom. The van der Waals surface area contributed by atoms with Crippen LogP contribution in [0.1, 0.15) is 42.3 Å². The molecule has 0 aliphatic carbocycles. The summed E-state index contributed by atoms with van der Waals surface area (Å²) >= 11 is 0. The van der Waals surface area contributed by atoms with Crippen molar-refractivity contribution in [1.29, 1.82) is 0 Å². The van der Waals surface area contributed by atoms with Crippen molar-refractivity contribution < 1.29 is 23.1 Å². The van der Waals surface area contributed by atoms with Gasteiger partial charge in [0.25, 0.3) is 0 Å². The Morgan fingerprint density at radius 2 is 1.56 bits per heavy atom. The fourth-order valence-corrected chi connectivity index (χ4v) is 2.73. The largest absolute Gasteiger partial charge is 0.416 e. The molecule has 2 aromatic carbocycles. The van der Waals surface area contributed by atoms with Gasteiger partial charge in [0.15, 0.2) is 11.4 Å². The highest BCUT2D eigenvalue weighted by atomic mass is 19.4. The van der Waals surface area contributed by atoms with Gasteiger partial charge in [0.1, 0.15) is 0 Å². The summed E-state index contributed by atoms with van der Waals surface area (Å²) < 4.78 is 38.6. The number of alkyl halides is 3. The highest BCUT2D eigenvalue weighted by Crippen LogP contribution is 2.45. The summed E-state index contributed by atoms with van der Waals surface area (Å²) in [5.74, 6) is -0.618. The maximum Gasteiger partial charge on any atom is 0.416 e. The van der Waals surface area contributed by atoms with E-state index in [1.54, 1.807) is 51.1 Å². The maximum atomic E-state index is 13.0. The predicted octanol–water partition coefficient (Wildman–Crippen LogP) is 4.40. The molecule has 1 unspecified atom stereocenters. The lowest BCUT2D eigenvalue weighted by Crippen LogP contribution is -2.47. The Hall–Kier alpha value is -2.34. The summed E-state index contributed by atoms with van der Waals surface area (Å²) in [4.78, 5) is 13.0. The van der Waals surface area contributed by atoms with Crippen molar-refractivity contribution in [3.8, 4) is 0 Å². The number of anilines is 1. The second-order valence-corrected chi connectivity index (χ2v) is 6.96. The minimum absolute atomic E-state index is 0.0400. The van der Waals surface area contributed by atoms with Gasteiger partial charge in [-0.15, -0.1) is 0 Å². The average molecular weight is 351 g/mol. The maximum absolute atomic E-state index is 13.0. The first-order valence-corrected chi connectivity index (χ1v) is 7.68. The fraction of sp³-hybridized carbons (Fsp3) is 0.316. The minimum atomic E-state index is -4.56. The monoisotopic (exact) mass is 351 g/mol. The molecule has 134 valence electrons. The van der Waals surface area contributed by atoms with Gasteiger partial charge in [0.2, 0.25) is 0 Å². The zero-order valence-electron chi connectivity index (χ0n) is 14.2. The minimum Gasteiger partial charge on any atom is -0.398 e. The van der Waals surface area contributed by atoms with Crippen molar-refractivity contribution in [3.63, 3.8) is 0 Å². The summed E-state index contributed by atoms with van der Waals surface area (Å²) in [6.07, 6.45) is -4.56. The van der Waals surface area contributed by atoms with Gasteiger partial charge < -0.3 is 10.8 Å². The second kappa shape index (κ2) is 6.19. The van der Waals surface area contributed by atoms with Gasteiger partial charge in [-0.25, -0.2) is 0 Å². The standard InChI is InChI=1S/C19H20F3NO2/c1-17(2,3)18(25,16(24)12-7-5-4-6-8-12)14-10-9-13(11-15(14)23)19(20,21)22/h4-11,25H,23H2,1-3H3. The van der Waals surface area contributed by atoms with Crippen LogP contribution < -0.4 is 5.73 Å². The van der Waals surface area contributed by atoms with Crippen LogP contribution in [0.3, 0.4) is 0 Å². The van der Waals surface area contributed by atoms with E-state index >= 15 is 0 Å². The van der Waals surface area contributed by atoms with Crippen LogP contribution in [0.2, 0.25) is 0 Å². The topological polar surface area (TPSA) is 63.3 Å². The quantitative estimate of drug-likeness (QED) is 0.636. The third-order valence-corrected chi connectivity index (χ3v) is 4.22. The van der Waals surface area contributed by atoms with Gasteiger partial charge in [-0.05, 0) is 12.1 Å². The Balaban J connectivity index is 2.65. The Bertz CT molecular complexity index is 779. The molecule has 25 heavy (non-hydrogen) atoms. The zero-order chi connectivity index (χ0) is 19.0. The van der Waals surface area contributed by atoms with Gasteiger partial charge in [-0.1, -0.05) is 57.2 Å². The van der Waals surface area contributed by atoms with Crippen molar-refractivity contribution in [2.24, 2.45) is 5.41 Å². The number of aliphatic hydroxyl groups is 1. The van der Waals surface area contributed by atoms with Gasteiger partial charge in [-0.3, -0.25) is 4.79 Å². The molecular weight excluding hydrogens is 331 g/mol. The fourth-order valence-electron chi connectivity index (χ4n) is 2.73. The van der Waals surface area contributed by atoms with Crippen molar-refractivity contribution >= 4 is 11.5 Å². The molecule has 0 aliphatic heterocycles. The van der Waals surface area contributed by atoms with Crippen LogP contribution in [0, 0.1) is 5.41 Å². The van der Waals surface area contributed by atoms with Gasteiger partial charge in [0.05, 0.1) is 5.56 Å². The van der Waals surface area contributed by atoms with Crippen molar-refractivity contribution in [2.75, 3.05) is 5.73 Å². The highest BCUT2D eigenvalue weighted by molar-refractivity contribution is 6.04. The summed E-state index contributed by atoms with van der Waals surface area (Å²) in [5.41, 5.74) is 1.71. The summed E-state index contributed by atoms with van der Waals surface area (Å²) in [5, 5.41) is 11.3. The number of benzene rings is 2. The Labute approximate surface area is 144 Å². The molecule has 1 atom stereocenters. The van der Waals surface area contributed by atoms with Gasteiger partial charge >= 0.3 is 6.18 Å². The van der Waals surface area contributed by atoms with E-state index in [-0.39, 0.29) is 16.8 Å². The number of carbonyl (C=O) groups excluding carboxylic acids is 1. The van der Waals surface area contributed by atoms with Crippen LogP contribution in [0.5, 0.6) is 0 Å². The smallest absolute Gasteiger partial charge is 0.398 e. The van der Waals surface area contributed by atoms with E-state index in [0.717, 1.165) is 18.2 Å². The van der Waals surface area contributed by atoms with Crippen LogP contribution in [-0.4, -0.2) is 10.9 Å². The molecular formula is C19H20F3NO2. The SMILES string of the molecule is CC(C)(C)C(O)(C(=O)c1ccccc1)c1ccc(C(F)(F)F)cc1N. The molecule has 0 aliphatic rings. The second-order valence-electron chi connectivity index (χ2n) is 6.96. The molecule has 3 nitrogen and oxygen atoms in total. The number of hydrogen-bond donors (Lipinski definition) is 2. The number of rotatable bonds is 3. The van der Waals surface area contributed by atoms with E-state index in [1.165, 1.54) is 0 Å². The molecule has 2 rings (SSSR count). The number of hydrogen-bond acceptors (Lipinski definition) is 3. The summed E-state index contributed by atoms with van der Waals surface area (Å²) in [6.45, 7) is 4.89. The van der Waals surface area contributed by atoms with Crippen molar-refractivity contribution in [3.05, 3.63) is 65.2 Å². The van der Waals surface area contributed by atoms with Crippen LogP contribution in [0.15, 0.2) is 48.5 Å². The lowest BCUT2D eigenvalue weighted by Gasteiger charge is -2.40. The molecule has 3 N–H and O–H groups in total. The predicted molar refractivity (Wildman–Crippen MR) is 90.0 cm³/mol. The first-order chi connectivity index (χ1) is 11.4. The molecule has 0 heterocycles. The first kappa shape index (κ1) is 19.0. The van der Waals surface area contributed by atoms with Crippen LogP contribution in [-0.2, 0) is 11.8 Å². The third-order valence-electron chi connectivity index (χ3n) is 4.22. The number of nitrogens with two attached hydrogens (primary N) is 1. The van der Waals surface area contributed by atoms with E-state index in [4.69, 9.17) is 5.73 Å². The Morgan fingerprint density at radius 1 is 1.00 bits per heavy atom. The number of ketones is 1. The average Bonchev–Trinajstić information content (AvgIpc) is 2.52. The highest BCUT2D eigenvalue weighted by Gasteiger charge is 2.50. The zero-order valence-corrected chi connectivity index (χ0v) is 14.2. The molecule has 6 heteroatoms. The number of Topliss-reactive ketones (excluding diaryl/α,β-unsaturated/α-hetero) is 1.